The summed E-state index contributed by atoms with van der Waals surface area (Å²) in [4.78, 5) is 0.157. The second-order valence-corrected chi connectivity index (χ2v) is 7.47. The molecule has 0 saturated heterocycles. The SMILES string of the molecule is O=S(=O)(c1cccc2ccccc12)c1c(O)ccc2ccccc12. The van der Waals surface area contributed by atoms with Crippen LogP contribution in [-0.2, 0) is 9.84 Å². The number of aromatic hydroxyl groups is 1. The maximum atomic E-state index is 13.3. The average Bonchev–Trinajstić information content (AvgIpc) is 2.60. The highest BCUT2D eigenvalue weighted by Gasteiger charge is 2.25. The third-order valence-electron chi connectivity index (χ3n) is 4.17. The van der Waals surface area contributed by atoms with Crippen molar-refractivity contribution in [2.45, 2.75) is 9.79 Å². The van der Waals surface area contributed by atoms with E-state index in [1.807, 2.05) is 36.4 Å². The normalized spacial score (nSPS) is 11.8. The zero-order chi connectivity index (χ0) is 16.7. The summed E-state index contributed by atoms with van der Waals surface area (Å²) in [7, 11) is -3.87. The van der Waals surface area contributed by atoms with Crippen molar-refractivity contribution >= 4 is 31.4 Å². The van der Waals surface area contributed by atoms with Crippen molar-refractivity contribution in [3.05, 3.63) is 78.9 Å². The molecule has 4 rings (SSSR count). The van der Waals surface area contributed by atoms with Crippen LogP contribution in [0.5, 0.6) is 5.75 Å². The summed E-state index contributed by atoms with van der Waals surface area (Å²) in [6.07, 6.45) is 0. The Balaban J connectivity index is 2.11. The van der Waals surface area contributed by atoms with Gasteiger partial charge >= 0.3 is 0 Å². The van der Waals surface area contributed by atoms with Crippen molar-refractivity contribution in [3.8, 4) is 5.75 Å². The van der Waals surface area contributed by atoms with Crippen molar-refractivity contribution in [1.29, 1.82) is 0 Å². The van der Waals surface area contributed by atoms with Gasteiger partial charge in [-0.3, -0.25) is 0 Å². The minimum Gasteiger partial charge on any atom is -0.507 e. The standard InChI is InChI=1S/C20H14O3S/c21-18-13-12-15-7-2-4-10-17(15)20(18)24(22,23)19-11-5-8-14-6-1-3-9-16(14)19/h1-13,21H. The van der Waals surface area contributed by atoms with E-state index in [0.717, 1.165) is 10.8 Å². The van der Waals surface area contributed by atoms with Crippen LogP contribution in [0.3, 0.4) is 0 Å². The lowest BCUT2D eigenvalue weighted by Crippen LogP contribution is -2.04. The van der Waals surface area contributed by atoms with Gasteiger partial charge in [-0.15, -0.1) is 0 Å². The van der Waals surface area contributed by atoms with Gasteiger partial charge in [-0.1, -0.05) is 66.7 Å². The number of hydrogen-bond donors (Lipinski definition) is 1. The molecule has 0 saturated carbocycles. The molecule has 0 aliphatic heterocycles. The van der Waals surface area contributed by atoms with Gasteiger partial charge in [-0.05, 0) is 22.9 Å². The first-order chi connectivity index (χ1) is 11.6. The van der Waals surface area contributed by atoms with E-state index in [-0.39, 0.29) is 15.5 Å². The number of rotatable bonds is 2. The van der Waals surface area contributed by atoms with E-state index >= 15 is 0 Å². The molecule has 1 N–H and O–H groups in total. The average molecular weight is 334 g/mol. The Morgan fingerprint density at radius 2 is 1.21 bits per heavy atom. The molecule has 0 amide bonds. The molecule has 0 atom stereocenters. The summed E-state index contributed by atoms with van der Waals surface area (Å²) in [5.74, 6) is -0.235. The highest BCUT2D eigenvalue weighted by Crippen LogP contribution is 2.37. The highest BCUT2D eigenvalue weighted by molar-refractivity contribution is 7.92. The van der Waals surface area contributed by atoms with Crippen molar-refractivity contribution in [2.75, 3.05) is 0 Å². The van der Waals surface area contributed by atoms with Crippen LogP contribution in [-0.4, -0.2) is 13.5 Å². The minimum absolute atomic E-state index is 0.0445. The van der Waals surface area contributed by atoms with Gasteiger partial charge in [0.2, 0.25) is 9.84 Å². The van der Waals surface area contributed by atoms with Gasteiger partial charge in [0.05, 0.1) is 4.90 Å². The Morgan fingerprint density at radius 3 is 1.96 bits per heavy atom. The van der Waals surface area contributed by atoms with Gasteiger partial charge in [0.1, 0.15) is 10.6 Å². The van der Waals surface area contributed by atoms with Crippen LogP contribution in [0.25, 0.3) is 21.5 Å². The largest absolute Gasteiger partial charge is 0.507 e. The fourth-order valence-electron chi connectivity index (χ4n) is 3.05. The van der Waals surface area contributed by atoms with Crippen LogP contribution >= 0.6 is 0 Å². The Bertz CT molecular complexity index is 1170. The second-order valence-electron chi connectivity index (χ2n) is 5.62. The molecule has 24 heavy (non-hydrogen) atoms. The summed E-state index contributed by atoms with van der Waals surface area (Å²) < 4.78 is 26.6. The summed E-state index contributed by atoms with van der Waals surface area (Å²) in [5.41, 5.74) is 0. The topological polar surface area (TPSA) is 54.4 Å². The van der Waals surface area contributed by atoms with Crippen molar-refractivity contribution in [3.63, 3.8) is 0 Å². The van der Waals surface area contributed by atoms with E-state index in [4.69, 9.17) is 0 Å². The third-order valence-corrected chi connectivity index (χ3v) is 6.07. The molecular formula is C20H14O3S. The summed E-state index contributed by atoms with van der Waals surface area (Å²) in [6, 6.07) is 22.8. The van der Waals surface area contributed by atoms with Crippen LogP contribution in [0.2, 0.25) is 0 Å². The molecule has 118 valence electrons. The van der Waals surface area contributed by atoms with Gasteiger partial charge in [0, 0.05) is 10.8 Å². The van der Waals surface area contributed by atoms with E-state index in [1.54, 1.807) is 36.4 Å². The number of phenols is 1. The smallest absolute Gasteiger partial charge is 0.211 e. The fourth-order valence-corrected chi connectivity index (χ4v) is 4.83. The molecule has 4 heteroatoms. The van der Waals surface area contributed by atoms with Crippen molar-refractivity contribution in [2.24, 2.45) is 0 Å². The van der Waals surface area contributed by atoms with Gasteiger partial charge < -0.3 is 5.11 Å². The van der Waals surface area contributed by atoms with Crippen LogP contribution < -0.4 is 0 Å². The third kappa shape index (κ3) is 2.15. The maximum absolute atomic E-state index is 13.3. The van der Waals surface area contributed by atoms with Crippen LogP contribution in [0.1, 0.15) is 0 Å². The Kier molecular flexibility index (Phi) is 3.28. The lowest BCUT2D eigenvalue weighted by molar-refractivity contribution is 0.460. The molecule has 0 heterocycles. The van der Waals surface area contributed by atoms with Gasteiger partial charge in [0.25, 0.3) is 0 Å². The first-order valence-electron chi connectivity index (χ1n) is 7.52. The van der Waals surface area contributed by atoms with Gasteiger partial charge in [0.15, 0.2) is 0 Å². The molecule has 3 nitrogen and oxygen atoms in total. The number of fused-ring (bicyclic) bond motifs is 2. The minimum atomic E-state index is -3.87. The van der Waals surface area contributed by atoms with E-state index < -0.39 is 9.84 Å². The molecule has 0 spiro atoms. The van der Waals surface area contributed by atoms with Crippen molar-refractivity contribution in [1.82, 2.24) is 0 Å². The highest BCUT2D eigenvalue weighted by atomic mass is 32.2. The number of hydrogen-bond acceptors (Lipinski definition) is 3. The van der Waals surface area contributed by atoms with Crippen LogP contribution in [0.15, 0.2) is 88.7 Å². The second kappa shape index (κ2) is 5.35. The van der Waals surface area contributed by atoms with E-state index in [2.05, 4.69) is 0 Å². The molecule has 0 bridgehead atoms. The fraction of sp³-hybridized carbons (Fsp3) is 0. The number of phenolic OH excluding ortho intramolecular Hbond substituents is 1. The maximum Gasteiger partial charge on any atom is 0.211 e. The monoisotopic (exact) mass is 334 g/mol. The lowest BCUT2D eigenvalue weighted by atomic mass is 10.1. The first-order valence-corrected chi connectivity index (χ1v) is 9.01. The zero-order valence-corrected chi connectivity index (χ0v) is 13.5. The van der Waals surface area contributed by atoms with Crippen LogP contribution in [0, 0.1) is 0 Å². The molecule has 0 fully saturated rings. The first kappa shape index (κ1) is 14.7. The predicted octanol–water partition coefficient (Wildman–Crippen LogP) is 4.53. The molecule has 0 radical (unpaired) electrons. The lowest BCUT2D eigenvalue weighted by Gasteiger charge is -2.12. The zero-order valence-electron chi connectivity index (χ0n) is 12.7. The quantitative estimate of drug-likeness (QED) is 0.586. The van der Waals surface area contributed by atoms with Gasteiger partial charge in [-0.25, -0.2) is 8.42 Å². The van der Waals surface area contributed by atoms with E-state index in [1.165, 1.54) is 6.07 Å². The Hall–Kier alpha value is -2.85. The predicted molar refractivity (Wildman–Crippen MR) is 95.0 cm³/mol. The molecule has 4 aromatic carbocycles. The molecule has 4 aromatic rings. The molecule has 0 unspecified atom stereocenters. The Labute approximate surface area is 139 Å². The summed E-state index contributed by atoms with van der Waals surface area (Å²) in [6.45, 7) is 0. The Morgan fingerprint density at radius 1 is 0.625 bits per heavy atom. The van der Waals surface area contributed by atoms with Crippen LogP contribution in [0.4, 0.5) is 0 Å². The van der Waals surface area contributed by atoms with Gasteiger partial charge in [-0.2, -0.15) is 0 Å². The summed E-state index contributed by atoms with van der Waals surface area (Å²) in [5, 5.41) is 13.1. The number of benzene rings is 4. The van der Waals surface area contributed by atoms with E-state index in [9.17, 15) is 13.5 Å². The van der Waals surface area contributed by atoms with E-state index in [0.29, 0.717) is 10.8 Å². The molecule has 0 aliphatic carbocycles. The molecular weight excluding hydrogens is 320 g/mol. The molecule has 0 aliphatic rings. The molecule has 0 aromatic heterocycles. The summed E-state index contributed by atoms with van der Waals surface area (Å²) >= 11 is 0. The van der Waals surface area contributed by atoms with Crippen molar-refractivity contribution < 1.29 is 13.5 Å². The number of sulfone groups is 1.